The van der Waals surface area contributed by atoms with Crippen LogP contribution in [0.5, 0.6) is 11.6 Å². The first kappa shape index (κ1) is 23.4. The van der Waals surface area contributed by atoms with Crippen LogP contribution < -0.4 is 19.7 Å². The van der Waals surface area contributed by atoms with Crippen LogP contribution in [0.3, 0.4) is 0 Å². The van der Waals surface area contributed by atoms with Gasteiger partial charge in [-0.3, -0.25) is 0 Å². The number of carbonyl (C=O) groups excluding carboxylic acids is 1. The largest absolute Gasteiger partial charge is 0.495 e. The van der Waals surface area contributed by atoms with Crippen LogP contribution in [0.1, 0.15) is 18.2 Å². The average Bonchev–Trinajstić information content (AvgIpc) is 2.89. The summed E-state index contributed by atoms with van der Waals surface area (Å²) >= 11 is 0. The van der Waals surface area contributed by atoms with E-state index in [1.807, 2.05) is 42.2 Å². The second kappa shape index (κ2) is 10.5. The molecule has 34 heavy (non-hydrogen) atoms. The molecule has 7 heteroatoms. The third kappa shape index (κ3) is 4.93. The molecule has 178 valence electrons. The number of ether oxygens (including phenoxy) is 2. The molecule has 7 nitrogen and oxygen atoms in total. The zero-order valence-corrected chi connectivity index (χ0v) is 20.3. The molecule has 2 amide bonds. The SMILES string of the molecule is CCc1cc(NC(=O)N2CCN(c3cc(-c4ccccc4)ccc3OC)CC2)c(OC)nc1C. The Morgan fingerprint density at radius 2 is 1.71 bits per heavy atom. The van der Waals surface area contributed by atoms with E-state index in [4.69, 9.17) is 9.47 Å². The molecule has 0 radical (unpaired) electrons. The Bertz CT molecular complexity index is 1140. The number of hydrogen-bond donors (Lipinski definition) is 1. The van der Waals surface area contributed by atoms with Crippen LogP contribution in [0.4, 0.5) is 16.2 Å². The number of aryl methyl sites for hydroxylation is 2. The second-order valence-corrected chi connectivity index (χ2v) is 8.30. The van der Waals surface area contributed by atoms with Crippen LogP contribution in [0, 0.1) is 6.92 Å². The fourth-order valence-electron chi connectivity index (χ4n) is 4.32. The molecule has 1 aliphatic heterocycles. The smallest absolute Gasteiger partial charge is 0.322 e. The van der Waals surface area contributed by atoms with Crippen LogP contribution in [-0.4, -0.2) is 56.3 Å². The van der Waals surface area contributed by atoms with E-state index < -0.39 is 0 Å². The lowest BCUT2D eigenvalue weighted by atomic mass is 10.0. The number of nitrogens with one attached hydrogen (secondary N) is 1. The van der Waals surface area contributed by atoms with Gasteiger partial charge < -0.3 is 24.6 Å². The van der Waals surface area contributed by atoms with Gasteiger partial charge in [-0.15, -0.1) is 0 Å². The molecule has 1 saturated heterocycles. The van der Waals surface area contributed by atoms with Crippen molar-refractivity contribution < 1.29 is 14.3 Å². The van der Waals surface area contributed by atoms with Crippen molar-refractivity contribution in [1.82, 2.24) is 9.88 Å². The predicted octanol–water partition coefficient (Wildman–Crippen LogP) is 4.99. The number of benzene rings is 2. The number of aromatic nitrogens is 1. The van der Waals surface area contributed by atoms with Crippen molar-refractivity contribution in [3.8, 4) is 22.8 Å². The Morgan fingerprint density at radius 1 is 0.971 bits per heavy atom. The Labute approximate surface area is 201 Å². The Morgan fingerprint density at radius 3 is 2.35 bits per heavy atom. The average molecular weight is 461 g/mol. The number of amides is 2. The van der Waals surface area contributed by atoms with E-state index >= 15 is 0 Å². The van der Waals surface area contributed by atoms with Gasteiger partial charge in [0.05, 0.1) is 19.9 Å². The molecule has 0 atom stereocenters. The van der Waals surface area contributed by atoms with Gasteiger partial charge in [0, 0.05) is 31.9 Å². The lowest BCUT2D eigenvalue weighted by Crippen LogP contribution is -2.50. The van der Waals surface area contributed by atoms with Crippen molar-refractivity contribution in [2.75, 3.05) is 50.6 Å². The fourth-order valence-corrected chi connectivity index (χ4v) is 4.32. The first-order valence-electron chi connectivity index (χ1n) is 11.6. The van der Waals surface area contributed by atoms with Gasteiger partial charge in [0.2, 0.25) is 5.88 Å². The van der Waals surface area contributed by atoms with E-state index in [1.54, 1.807) is 14.2 Å². The molecular weight excluding hydrogens is 428 g/mol. The molecule has 3 aromatic rings. The minimum absolute atomic E-state index is 0.143. The molecular formula is C27H32N4O3. The van der Waals surface area contributed by atoms with E-state index in [0.29, 0.717) is 37.7 Å². The Balaban J connectivity index is 1.46. The fraction of sp³-hybridized carbons (Fsp3) is 0.333. The van der Waals surface area contributed by atoms with Gasteiger partial charge in [-0.05, 0) is 48.2 Å². The quantitative estimate of drug-likeness (QED) is 0.561. The summed E-state index contributed by atoms with van der Waals surface area (Å²) in [6, 6.07) is 18.4. The molecule has 1 fully saturated rings. The lowest BCUT2D eigenvalue weighted by Gasteiger charge is -2.36. The van der Waals surface area contributed by atoms with Gasteiger partial charge in [0.1, 0.15) is 11.4 Å². The highest BCUT2D eigenvalue weighted by Gasteiger charge is 2.24. The zero-order valence-electron chi connectivity index (χ0n) is 20.3. The summed E-state index contributed by atoms with van der Waals surface area (Å²) in [5, 5.41) is 3.00. The van der Waals surface area contributed by atoms with Gasteiger partial charge in [-0.25, -0.2) is 9.78 Å². The normalized spacial score (nSPS) is 13.5. The van der Waals surface area contributed by atoms with E-state index in [2.05, 4.69) is 46.4 Å². The number of hydrogen-bond acceptors (Lipinski definition) is 5. The van der Waals surface area contributed by atoms with Gasteiger partial charge in [0.25, 0.3) is 0 Å². The Hall–Kier alpha value is -3.74. The van der Waals surface area contributed by atoms with E-state index in [-0.39, 0.29) is 6.03 Å². The minimum atomic E-state index is -0.143. The summed E-state index contributed by atoms with van der Waals surface area (Å²) < 4.78 is 11.0. The topological polar surface area (TPSA) is 66.9 Å². The highest BCUT2D eigenvalue weighted by Crippen LogP contribution is 2.34. The molecule has 0 aliphatic carbocycles. The van der Waals surface area contributed by atoms with Crippen LogP contribution in [0.15, 0.2) is 54.6 Å². The summed E-state index contributed by atoms with van der Waals surface area (Å²) in [5.41, 5.74) is 5.96. The predicted molar refractivity (Wildman–Crippen MR) is 136 cm³/mol. The number of pyridine rings is 1. The van der Waals surface area contributed by atoms with Crippen LogP contribution in [-0.2, 0) is 6.42 Å². The molecule has 1 N–H and O–H groups in total. The van der Waals surface area contributed by atoms with Crippen LogP contribution >= 0.6 is 0 Å². The maximum Gasteiger partial charge on any atom is 0.322 e. The molecule has 0 saturated carbocycles. The van der Waals surface area contributed by atoms with Crippen molar-refractivity contribution in [3.63, 3.8) is 0 Å². The molecule has 0 spiro atoms. The number of nitrogens with zero attached hydrogens (tertiary/aromatic N) is 3. The first-order valence-corrected chi connectivity index (χ1v) is 11.6. The monoisotopic (exact) mass is 460 g/mol. The molecule has 1 aliphatic rings. The van der Waals surface area contributed by atoms with Crippen molar-refractivity contribution in [3.05, 3.63) is 65.9 Å². The zero-order chi connectivity index (χ0) is 24.1. The summed E-state index contributed by atoms with van der Waals surface area (Å²) in [6.07, 6.45) is 0.842. The van der Waals surface area contributed by atoms with Crippen LogP contribution in [0.25, 0.3) is 11.1 Å². The number of piperazine rings is 1. The van der Waals surface area contributed by atoms with E-state index in [1.165, 1.54) is 0 Å². The van der Waals surface area contributed by atoms with Crippen molar-refractivity contribution in [1.29, 1.82) is 0 Å². The van der Waals surface area contributed by atoms with Gasteiger partial charge in [-0.2, -0.15) is 0 Å². The summed E-state index contributed by atoms with van der Waals surface area (Å²) in [4.78, 5) is 21.6. The van der Waals surface area contributed by atoms with Gasteiger partial charge in [0.15, 0.2) is 0 Å². The highest BCUT2D eigenvalue weighted by atomic mass is 16.5. The number of anilines is 2. The summed E-state index contributed by atoms with van der Waals surface area (Å²) in [5.74, 6) is 1.27. The highest BCUT2D eigenvalue weighted by molar-refractivity contribution is 5.91. The third-order valence-electron chi connectivity index (χ3n) is 6.29. The van der Waals surface area contributed by atoms with Gasteiger partial charge >= 0.3 is 6.03 Å². The minimum Gasteiger partial charge on any atom is -0.495 e. The summed E-state index contributed by atoms with van der Waals surface area (Å²) in [7, 11) is 3.26. The molecule has 0 bridgehead atoms. The Kier molecular flexibility index (Phi) is 7.21. The standard InChI is InChI=1S/C27H32N4O3/c1-5-20-17-23(26(34-4)28-19(20)2)29-27(32)31-15-13-30(14-16-31)24-18-22(11-12-25(24)33-3)21-9-7-6-8-10-21/h6-12,17-18H,5,13-16H2,1-4H3,(H,29,32). The van der Waals surface area contributed by atoms with Crippen molar-refractivity contribution >= 4 is 17.4 Å². The van der Waals surface area contributed by atoms with E-state index in [9.17, 15) is 4.79 Å². The molecule has 2 aromatic carbocycles. The maximum absolute atomic E-state index is 13.0. The number of urea groups is 1. The first-order chi connectivity index (χ1) is 16.5. The number of methoxy groups -OCH3 is 2. The van der Waals surface area contributed by atoms with E-state index in [0.717, 1.165) is 40.2 Å². The van der Waals surface area contributed by atoms with Crippen molar-refractivity contribution in [2.45, 2.75) is 20.3 Å². The molecule has 2 heterocycles. The molecule has 4 rings (SSSR count). The lowest BCUT2D eigenvalue weighted by molar-refractivity contribution is 0.208. The molecule has 0 unspecified atom stereocenters. The van der Waals surface area contributed by atoms with Crippen molar-refractivity contribution in [2.24, 2.45) is 0 Å². The summed E-state index contributed by atoms with van der Waals surface area (Å²) in [6.45, 7) is 6.66. The number of rotatable bonds is 6. The number of carbonyl (C=O) groups is 1. The maximum atomic E-state index is 13.0. The molecule has 1 aromatic heterocycles. The van der Waals surface area contributed by atoms with Crippen LogP contribution in [0.2, 0.25) is 0 Å². The second-order valence-electron chi connectivity index (χ2n) is 8.30. The van der Waals surface area contributed by atoms with Gasteiger partial charge in [-0.1, -0.05) is 43.3 Å². The third-order valence-corrected chi connectivity index (χ3v) is 6.29.